The number of ether oxygens (including phenoxy) is 1. The van der Waals surface area contributed by atoms with Crippen LogP contribution in [0.5, 0.6) is 0 Å². The first-order valence-electron chi connectivity index (χ1n) is 4.39. The second kappa shape index (κ2) is 3.86. The minimum Gasteiger partial charge on any atom is -0.465 e. The summed E-state index contributed by atoms with van der Waals surface area (Å²) in [4.78, 5) is 19.5. The average molecular weight is 222 g/mol. The molecule has 0 aliphatic rings. The smallest absolute Gasteiger partial charge is 0.340 e. The molecule has 0 aliphatic carbocycles. The highest BCUT2D eigenvalue weighted by Gasteiger charge is 2.16. The van der Waals surface area contributed by atoms with E-state index < -0.39 is 0 Å². The van der Waals surface area contributed by atoms with Crippen molar-refractivity contribution >= 4 is 17.3 Å². The zero-order valence-corrected chi connectivity index (χ0v) is 9.22. The number of aryl methyl sites for hydroxylation is 1. The van der Waals surface area contributed by atoms with E-state index in [1.54, 1.807) is 17.9 Å². The van der Waals surface area contributed by atoms with Gasteiger partial charge in [0.05, 0.1) is 28.8 Å². The van der Waals surface area contributed by atoms with E-state index >= 15 is 0 Å². The fraction of sp³-hybridized carbons (Fsp3) is 0.200. The normalized spacial score (nSPS) is 10.3. The molecule has 2 rings (SSSR count). The van der Waals surface area contributed by atoms with Gasteiger partial charge in [0.1, 0.15) is 0 Å². The van der Waals surface area contributed by atoms with Crippen LogP contribution < -0.4 is 0 Å². The number of methoxy groups -OCH3 is 1. The number of nitrogens with zero attached hydrogens (tertiary/aromatic N) is 1. The van der Waals surface area contributed by atoms with Gasteiger partial charge >= 0.3 is 5.97 Å². The third-order valence-electron chi connectivity index (χ3n) is 2.14. The maximum absolute atomic E-state index is 11.4. The first kappa shape index (κ1) is 9.92. The summed E-state index contributed by atoms with van der Waals surface area (Å²) in [6.45, 7) is 1.92. The number of thiazole rings is 1. The maximum Gasteiger partial charge on any atom is 0.340 e. The van der Waals surface area contributed by atoms with Gasteiger partial charge in [0, 0.05) is 18.0 Å². The molecular formula is C10H10N2O2S. The van der Waals surface area contributed by atoms with Crippen molar-refractivity contribution < 1.29 is 9.53 Å². The Hall–Kier alpha value is -1.62. The quantitative estimate of drug-likeness (QED) is 0.793. The summed E-state index contributed by atoms with van der Waals surface area (Å²) >= 11 is 1.51. The molecule has 0 saturated carbocycles. The number of aromatic amines is 1. The number of esters is 1. The van der Waals surface area contributed by atoms with E-state index in [-0.39, 0.29) is 5.97 Å². The number of carbonyl (C=O) groups is 1. The number of aromatic nitrogens is 2. The lowest BCUT2D eigenvalue weighted by molar-refractivity contribution is 0.0602. The monoisotopic (exact) mass is 222 g/mol. The Morgan fingerprint density at radius 2 is 2.33 bits per heavy atom. The molecule has 15 heavy (non-hydrogen) atoms. The molecule has 2 aromatic rings. The van der Waals surface area contributed by atoms with Crippen LogP contribution in [0.1, 0.15) is 16.1 Å². The van der Waals surface area contributed by atoms with Crippen LogP contribution >= 0.6 is 11.3 Å². The molecule has 78 valence electrons. The topological polar surface area (TPSA) is 55.0 Å². The summed E-state index contributed by atoms with van der Waals surface area (Å²) in [7, 11) is 1.37. The molecule has 0 spiro atoms. The van der Waals surface area contributed by atoms with Gasteiger partial charge < -0.3 is 9.72 Å². The molecule has 5 heteroatoms. The number of nitrogens with one attached hydrogen (secondary N) is 1. The van der Waals surface area contributed by atoms with Crippen LogP contribution in [0, 0.1) is 6.92 Å². The number of H-pyrrole nitrogens is 1. The Labute approximate surface area is 90.9 Å². The number of rotatable bonds is 2. The predicted octanol–water partition coefficient (Wildman–Crippen LogP) is 2.23. The summed E-state index contributed by atoms with van der Waals surface area (Å²) in [5.74, 6) is -0.334. The van der Waals surface area contributed by atoms with Gasteiger partial charge in [-0.15, -0.1) is 11.3 Å². The highest BCUT2D eigenvalue weighted by atomic mass is 32.1. The SMILES string of the molecule is COC(=O)c1c[nH]cc1-c1scnc1C. The third-order valence-corrected chi connectivity index (χ3v) is 3.10. The minimum absolute atomic E-state index is 0.334. The number of hydrogen-bond acceptors (Lipinski definition) is 4. The van der Waals surface area contributed by atoms with E-state index in [0.29, 0.717) is 5.56 Å². The number of hydrogen-bond donors (Lipinski definition) is 1. The van der Waals surface area contributed by atoms with Crippen LogP contribution in [0.3, 0.4) is 0 Å². The van der Waals surface area contributed by atoms with Gasteiger partial charge in [0.15, 0.2) is 0 Å². The molecule has 0 aliphatic heterocycles. The molecule has 1 N–H and O–H groups in total. The molecule has 0 aromatic carbocycles. The van der Waals surface area contributed by atoms with Gasteiger partial charge in [-0.2, -0.15) is 0 Å². The van der Waals surface area contributed by atoms with E-state index in [2.05, 4.69) is 9.97 Å². The first-order chi connectivity index (χ1) is 7.24. The summed E-state index contributed by atoms with van der Waals surface area (Å²) in [5.41, 5.74) is 4.08. The van der Waals surface area contributed by atoms with Gasteiger partial charge in [-0.05, 0) is 6.92 Å². The van der Waals surface area contributed by atoms with Gasteiger partial charge in [0.2, 0.25) is 0 Å². The van der Waals surface area contributed by atoms with Gasteiger partial charge in [-0.1, -0.05) is 0 Å². The molecule has 0 fully saturated rings. The Kier molecular flexibility index (Phi) is 2.55. The van der Waals surface area contributed by atoms with Crippen molar-refractivity contribution in [3.05, 3.63) is 29.2 Å². The van der Waals surface area contributed by atoms with Crippen molar-refractivity contribution in [2.75, 3.05) is 7.11 Å². The summed E-state index contributed by atoms with van der Waals surface area (Å²) < 4.78 is 4.70. The van der Waals surface area contributed by atoms with Gasteiger partial charge in [0.25, 0.3) is 0 Å². The van der Waals surface area contributed by atoms with Crippen LogP contribution in [0.2, 0.25) is 0 Å². The highest BCUT2D eigenvalue weighted by molar-refractivity contribution is 7.13. The molecule has 0 atom stereocenters. The van der Waals surface area contributed by atoms with Crippen LogP contribution in [0.4, 0.5) is 0 Å². The average Bonchev–Trinajstić information content (AvgIpc) is 2.84. The Bertz CT molecular complexity index is 487. The fourth-order valence-corrected chi connectivity index (χ4v) is 2.23. The van der Waals surface area contributed by atoms with E-state index in [0.717, 1.165) is 16.1 Å². The first-order valence-corrected chi connectivity index (χ1v) is 5.27. The van der Waals surface area contributed by atoms with Gasteiger partial charge in [-0.3, -0.25) is 0 Å². The van der Waals surface area contributed by atoms with Gasteiger partial charge in [-0.25, -0.2) is 9.78 Å². The minimum atomic E-state index is -0.334. The lowest BCUT2D eigenvalue weighted by Crippen LogP contribution is -2.00. The zero-order chi connectivity index (χ0) is 10.8. The van der Waals surface area contributed by atoms with E-state index in [1.165, 1.54) is 18.4 Å². The number of carbonyl (C=O) groups excluding carboxylic acids is 1. The molecule has 0 amide bonds. The molecule has 0 radical (unpaired) electrons. The maximum atomic E-state index is 11.4. The second-order valence-electron chi connectivity index (χ2n) is 3.04. The zero-order valence-electron chi connectivity index (χ0n) is 8.40. The Balaban J connectivity index is 2.50. The van der Waals surface area contributed by atoms with Crippen molar-refractivity contribution in [3.63, 3.8) is 0 Å². The lowest BCUT2D eigenvalue weighted by Gasteiger charge is -1.99. The molecule has 0 bridgehead atoms. The summed E-state index contributed by atoms with van der Waals surface area (Å²) in [6, 6.07) is 0. The van der Waals surface area contributed by atoms with E-state index in [9.17, 15) is 4.79 Å². The molecule has 0 unspecified atom stereocenters. The van der Waals surface area contributed by atoms with Crippen molar-refractivity contribution in [1.82, 2.24) is 9.97 Å². The second-order valence-corrected chi connectivity index (χ2v) is 3.90. The third kappa shape index (κ3) is 1.66. The Morgan fingerprint density at radius 3 is 2.93 bits per heavy atom. The molecular weight excluding hydrogens is 212 g/mol. The van der Waals surface area contributed by atoms with Crippen molar-refractivity contribution in [1.29, 1.82) is 0 Å². The summed E-state index contributed by atoms with van der Waals surface area (Å²) in [5, 5.41) is 0. The van der Waals surface area contributed by atoms with E-state index in [4.69, 9.17) is 4.74 Å². The molecule has 2 heterocycles. The van der Waals surface area contributed by atoms with Crippen molar-refractivity contribution in [2.24, 2.45) is 0 Å². The Morgan fingerprint density at radius 1 is 1.53 bits per heavy atom. The predicted molar refractivity (Wildman–Crippen MR) is 58.0 cm³/mol. The lowest BCUT2D eigenvalue weighted by atomic mass is 10.1. The molecule has 4 nitrogen and oxygen atoms in total. The van der Waals surface area contributed by atoms with Crippen LogP contribution in [0.25, 0.3) is 10.4 Å². The highest BCUT2D eigenvalue weighted by Crippen LogP contribution is 2.30. The van der Waals surface area contributed by atoms with Crippen LogP contribution in [0.15, 0.2) is 17.9 Å². The molecule has 0 saturated heterocycles. The molecule has 2 aromatic heterocycles. The standard InChI is InChI=1S/C10H10N2O2S/c1-6-9(15-5-12-6)7-3-11-4-8(7)10(13)14-2/h3-5,11H,1-2H3. The van der Waals surface area contributed by atoms with Crippen molar-refractivity contribution in [3.8, 4) is 10.4 Å². The van der Waals surface area contributed by atoms with Crippen LogP contribution in [-0.2, 0) is 4.74 Å². The van der Waals surface area contributed by atoms with Crippen molar-refractivity contribution in [2.45, 2.75) is 6.92 Å². The fourth-order valence-electron chi connectivity index (χ4n) is 1.39. The van der Waals surface area contributed by atoms with Crippen LogP contribution in [-0.4, -0.2) is 23.0 Å². The van der Waals surface area contributed by atoms with E-state index in [1.807, 2.05) is 6.92 Å². The summed E-state index contributed by atoms with van der Waals surface area (Å²) in [6.07, 6.45) is 3.42. The largest absolute Gasteiger partial charge is 0.465 e.